The Hall–Kier alpha value is -2.34. The third kappa shape index (κ3) is 4.60. The van der Waals surface area contributed by atoms with Crippen molar-refractivity contribution < 1.29 is 9.53 Å². The molecule has 0 bridgehead atoms. The summed E-state index contributed by atoms with van der Waals surface area (Å²) in [7, 11) is 1.58. The molecule has 132 valence electrons. The molecule has 3 rings (SSSR count). The van der Waals surface area contributed by atoms with Crippen LogP contribution in [0.4, 0.5) is 11.5 Å². The van der Waals surface area contributed by atoms with Crippen molar-refractivity contribution >= 4 is 29.0 Å². The predicted octanol–water partition coefficient (Wildman–Crippen LogP) is 3.94. The van der Waals surface area contributed by atoms with E-state index in [1.165, 1.54) is 12.7 Å². The van der Waals surface area contributed by atoms with E-state index in [4.69, 9.17) is 16.3 Å². The molecule has 2 aromatic rings. The number of hydrogen-bond acceptors (Lipinski definition) is 5. The molecule has 1 saturated carbocycles. The van der Waals surface area contributed by atoms with Crippen molar-refractivity contribution in [1.82, 2.24) is 15.3 Å². The topological polar surface area (TPSA) is 76.1 Å². The van der Waals surface area contributed by atoms with E-state index in [2.05, 4.69) is 20.6 Å². The van der Waals surface area contributed by atoms with Crippen LogP contribution in [0.5, 0.6) is 5.75 Å². The van der Waals surface area contributed by atoms with Crippen LogP contribution in [0.2, 0.25) is 5.02 Å². The first-order valence-corrected chi connectivity index (χ1v) is 8.77. The number of aromatic nitrogens is 2. The quantitative estimate of drug-likeness (QED) is 0.844. The van der Waals surface area contributed by atoms with Gasteiger partial charge in [-0.2, -0.15) is 0 Å². The van der Waals surface area contributed by atoms with Crippen molar-refractivity contribution in [3.8, 4) is 5.75 Å². The highest BCUT2D eigenvalue weighted by atomic mass is 35.5. The molecule has 25 heavy (non-hydrogen) atoms. The number of carbonyl (C=O) groups is 1. The minimum Gasteiger partial charge on any atom is -0.495 e. The molecule has 1 fully saturated rings. The summed E-state index contributed by atoms with van der Waals surface area (Å²) in [6.07, 6.45) is 7.00. The van der Waals surface area contributed by atoms with Crippen LogP contribution in [-0.2, 0) is 0 Å². The first kappa shape index (κ1) is 17.5. The van der Waals surface area contributed by atoms with E-state index >= 15 is 0 Å². The number of ether oxygens (including phenoxy) is 1. The zero-order valence-electron chi connectivity index (χ0n) is 14.1. The number of benzene rings is 1. The van der Waals surface area contributed by atoms with Crippen LogP contribution < -0.4 is 15.4 Å². The number of anilines is 2. The maximum absolute atomic E-state index is 12.4. The number of halogens is 1. The van der Waals surface area contributed by atoms with Crippen molar-refractivity contribution in [2.45, 2.75) is 38.1 Å². The summed E-state index contributed by atoms with van der Waals surface area (Å²) >= 11 is 6.04. The van der Waals surface area contributed by atoms with Gasteiger partial charge in [0, 0.05) is 17.1 Å². The Morgan fingerprint density at radius 2 is 2.00 bits per heavy atom. The zero-order valence-corrected chi connectivity index (χ0v) is 14.8. The van der Waals surface area contributed by atoms with Crippen molar-refractivity contribution in [2.24, 2.45) is 0 Å². The standard InChI is InChI=1S/C18H21ClN4O2/c1-25-16-8-7-12(19)9-14(16)23-17-10-15(20-11-21-17)18(24)22-13-5-3-2-4-6-13/h7-11,13H,2-6H2,1H3,(H,22,24)(H,20,21,23). The van der Waals surface area contributed by atoms with Crippen molar-refractivity contribution in [1.29, 1.82) is 0 Å². The average Bonchev–Trinajstić information content (AvgIpc) is 2.63. The number of rotatable bonds is 5. The molecule has 1 amide bonds. The SMILES string of the molecule is COc1ccc(Cl)cc1Nc1cc(C(=O)NC2CCCCC2)ncn1. The van der Waals surface area contributed by atoms with E-state index in [-0.39, 0.29) is 11.9 Å². The van der Waals surface area contributed by atoms with Gasteiger partial charge in [-0.05, 0) is 31.0 Å². The lowest BCUT2D eigenvalue weighted by Gasteiger charge is -2.22. The van der Waals surface area contributed by atoms with Crippen LogP contribution in [-0.4, -0.2) is 29.0 Å². The Bertz CT molecular complexity index is 748. The molecule has 7 heteroatoms. The fraction of sp³-hybridized carbons (Fsp3) is 0.389. The summed E-state index contributed by atoms with van der Waals surface area (Å²) in [6.45, 7) is 0. The first-order valence-electron chi connectivity index (χ1n) is 8.39. The summed E-state index contributed by atoms with van der Waals surface area (Å²) in [5.41, 5.74) is 1.01. The molecule has 0 aliphatic heterocycles. The number of nitrogens with one attached hydrogen (secondary N) is 2. The highest BCUT2D eigenvalue weighted by Gasteiger charge is 2.18. The molecule has 0 atom stereocenters. The van der Waals surface area contributed by atoms with E-state index in [0.717, 1.165) is 25.7 Å². The molecular weight excluding hydrogens is 340 g/mol. The molecule has 1 aromatic carbocycles. The summed E-state index contributed by atoms with van der Waals surface area (Å²) < 4.78 is 5.31. The van der Waals surface area contributed by atoms with Crippen LogP contribution in [0.25, 0.3) is 0 Å². The number of methoxy groups -OCH3 is 1. The molecule has 1 aliphatic rings. The molecule has 0 radical (unpaired) electrons. The maximum atomic E-state index is 12.4. The summed E-state index contributed by atoms with van der Waals surface area (Å²) in [5, 5.41) is 6.75. The fourth-order valence-corrected chi connectivity index (χ4v) is 3.14. The second-order valence-corrected chi connectivity index (χ2v) is 6.50. The summed E-state index contributed by atoms with van der Waals surface area (Å²) in [5.74, 6) is 0.969. The van der Waals surface area contributed by atoms with Crippen LogP contribution in [0.15, 0.2) is 30.6 Å². The average molecular weight is 361 g/mol. The van der Waals surface area contributed by atoms with E-state index in [1.54, 1.807) is 31.4 Å². The third-order valence-corrected chi connectivity index (χ3v) is 4.50. The Balaban J connectivity index is 1.73. The third-order valence-electron chi connectivity index (χ3n) is 4.26. The van der Waals surface area contributed by atoms with Gasteiger partial charge < -0.3 is 15.4 Å². The zero-order chi connectivity index (χ0) is 17.6. The van der Waals surface area contributed by atoms with E-state index < -0.39 is 0 Å². The molecule has 1 aromatic heterocycles. The lowest BCUT2D eigenvalue weighted by molar-refractivity contribution is 0.0922. The highest BCUT2D eigenvalue weighted by Crippen LogP contribution is 2.30. The van der Waals surface area contributed by atoms with Crippen LogP contribution >= 0.6 is 11.6 Å². The van der Waals surface area contributed by atoms with E-state index in [1.807, 2.05) is 0 Å². The van der Waals surface area contributed by atoms with Crippen molar-refractivity contribution in [3.05, 3.63) is 41.3 Å². The van der Waals surface area contributed by atoms with E-state index in [0.29, 0.717) is 28.0 Å². The summed E-state index contributed by atoms with van der Waals surface area (Å²) in [4.78, 5) is 20.7. The summed E-state index contributed by atoms with van der Waals surface area (Å²) in [6, 6.07) is 7.11. The fourth-order valence-electron chi connectivity index (χ4n) is 2.97. The second kappa shape index (κ2) is 8.16. The van der Waals surface area contributed by atoms with Gasteiger partial charge in [-0.1, -0.05) is 30.9 Å². The minimum atomic E-state index is -0.171. The smallest absolute Gasteiger partial charge is 0.270 e. The highest BCUT2D eigenvalue weighted by molar-refractivity contribution is 6.31. The van der Waals surface area contributed by atoms with E-state index in [9.17, 15) is 4.79 Å². The molecule has 2 N–H and O–H groups in total. The van der Waals surface area contributed by atoms with Crippen molar-refractivity contribution in [2.75, 3.05) is 12.4 Å². The van der Waals surface area contributed by atoms with Crippen LogP contribution in [0.1, 0.15) is 42.6 Å². The number of carbonyl (C=O) groups excluding carboxylic acids is 1. The van der Waals surface area contributed by atoms with Gasteiger partial charge in [0.05, 0.1) is 12.8 Å². The Morgan fingerprint density at radius 1 is 1.20 bits per heavy atom. The molecule has 0 saturated heterocycles. The molecular formula is C18H21ClN4O2. The lowest BCUT2D eigenvalue weighted by Crippen LogP contribution is -2.36. The van der Waals surface area contributed by atoms with Gasteiger partial charge in [0.25, 0.3) is 5.91 Å². The predicted molar refractivity (Wildman–Crippen MR) is 97.7 cm³/mol. The van der Waals surface area contributed by atoms with Crippen molar-refractivity contribution in [3.63, 3.8) is 0 Å². The van der Waals surface area contributed by atoms with Gasteiger partial charge >= 0.3 is 0 Å². The van der Waals surface area contributed by atoms with Gasteiger partial charge in [-0.15, -0.1) is 0 Å². The normalized spacial score (nSPS) is 14.8. The number of amides is 1. The van der Waals surface area contributed by atoms with Gasteiger partial charge in [-0.3, -0.25) is 4.79 Å². The lowest BCUT2D eigenvalue weighted by atomic mass is 9.95. The maximum Gasteiger partial charge on any atom is 0.270 e. The van der Waals surface area contributed by atoms with Gasteiger partial charge in [-0.25, -0.2) is 9.97 Å². The molecule has 6 nitrogen and oxygen atoms in total. The molecule has 1 aliphatic carbocycles. The molecule has 0 spiro atoms. The Kier molecular flexibility index (Phi) is 5.71. The second-order valence-electron chi connectivity index (χ2n) is 6.07. The minimum absolute atomic E-state index is 0.171. The van der Waals surface area contributed by atoms with Gasteiger partial charge in [0.15, 0.2) is 0 Å². The number of hydrogen-bond donors (Lipinski definition) is 2. The van der Waals surface area contributed by atoms with Crippen LogP contribution in [0, 0.1) is 0 Å². The Labute approximate surface area is 152 Å². The molecule has 0 unspecified atom stereocenters. The Morgan fingerprint density at radius 3 is 2.76 bits per heavy atom. The van der Waals surface area contributed by atoms with Gasteiger partial charge in [0.2, 0.25) is 0 Å². The molecule has 1 heterocycles. The van der Waals surface area contributed by atoms with Crippen LogP contribution in [0.3, 0.4) is 0 Å². The number of nitrogens with zero attached hydrogens (tertiary/aromatic N) is 2. The first-order chi connectivity index (χ1) is 12.2. The van der Waals surface area contributed by atoms with Gasteiger partial charge in [0.1, 0.15) is 23.6 Å². The largest absolute Gasteiger partial charge is 0.495 e. The monoisotopic (exact) mass is 360 g/mol.